The van der Waals surface area contributed by atoms with Gasteiger partial charge >= 0.3 is 0 Å². The van der Waals surface area contributed by atoms with Crippen LogP contribution in [0.3, 0.4) is 0 Å². The van der Waals surface area contributed by atoms with Crippen molar-refractivity contribution in [3.63, 3.8) is 0 Å². The van der Waals surface area contributed by atoms with Gasteiger partial charge in [-0.2, -0.15) is 0 Å². The summed E-state index contributed by atoms with van der Waals surface area (Å²) in [7, 11) is 2.19. The molecule has 0 aromatic carbocycles. The van der Waals surface area contributed by atoms with Crippen LogP contribution in [0.4, 0.5) is 0 Å². The fraction of sp³-hybridized carbons (Fsp3) is 1.00. The van der Waals surface area contributed by atoms with Crippen molar-refractivity contribution in [1.29, 1.82) is 0 Å². The van der Waals surface area contributed by atoms with Gasteiger partial charge in [-0.3, -0.25) is 0 Å². The number of nitrogens with zero attached hydrogens (tertiary/aromatic N) is 1. The normalized spacial score (nSPS) is 36.3. The monoisotopic (exact) mass is 142 g/mol. The lowest BCUT2D eigenvalue weighted by atomic mass is 9.97. The lowest BCUT2D eigenvalue weighted by molar-refractivity contribution is 0.166. The molecule has 1 rings (SSSR count). The van der Waals surface area contributed by atoms with E-state index in [1.165, 1.54) is 25.8 Å². The van der Waals surface area contributed by atoms with Crippen LogP contribution >= 0.6 is 0 Å². The van der Waals surface area contributed by atoms with E-state index in [2.05, 4.69) is 18.9 Å². The van der Waals surface area contributed by atoms with Gasteiger partial charge in [0.25, 0.3) is 0 Å². The third-order valence-electron chi connectivity index (χ3n) is 2.52. The number of hydrogen-bond acceptors (Lipinski definition) is 2. The Balaban J connectivity index is 2.38. The first-order valence-corrected chi connectivity index (χ1v) is 4.20. The average Bonchev–Trinajstić information content (AvgIpc) is 1.94. The summed E-state index contributed by atoms with van der Waals surface area (Å²) < 4.78 is 0. The highest BCUT2D eigenvalue weighted by Crippen LogP contribution is 2.16. The Bertz CT molecular complexity index is 103. The summed E-state index contributed by atoms with van der Waals surface area (Å²) in [5, 5.41) is 0. The summed E-state index contributed by atoms with van der Waals surface area (Å²) in [6, 6.07) is 1.20. The molecule has 0 radical (unpaired) electrons. The minimum Gasteiger partial charge on any atom is -0.328 e. The molecule has 1 saturated heterocycles. The van der Waals surface area contributed by atoms with Gasteiger partial charge in [0.1, 0.15) is 0 Å². The number of piperidine rings is 1. The Hall–Kier alpha value is -0.0800. The maximum Gasteiger partial charge on any atom is 0.0104 e. The van der Waals surface area contributed by atoms with Crippen molar-refractivity contribution in [3.05, 3.63) is 0 Å². The molecule has 10 heavy (non-hydrogen) atoms. The van der Waals surface area contributed by atoms with Crippen LogP contribution in [-0.4, -0.2) is 30.6 Å². The van der Waals surface area contributed by atoms with Crippen LogP contribution < -0.4 is 5.73 Å². The Labute approximate surface area is 63.4 Å². The number of likely N-dealkylation sites (tertiary alicyclic amines) is 1. The zero-order valence-electron chi connectivity index (χ0n) is 7.01. The maximum atomic E-state index is 5.84. The summed E-state index contributed by atoms with van der Waals surface area (Å²) >= 11 is 0. The van der Waals surface area contributed by atoms with Crippen molar-refractivity contribution in [2.75, 3.05) is 13.6 Å². The third kappa shape index (κ3) is 1.70. The molecule has 1 heterocycles. The van der Waals surface area contributed by atoms with Crippen molar-refractivity contribution in [2.45, 2.75) is 38.3 Å². The molecule has 1 aliphatic heterocycles. The summed E-state index contributed by atoms with van der Waals surface area (Å²) in [6.07, 6.45) is 3.60. The number of hydrogen-bond donors (Lipinski definition) is 1. The third-order valence-corrected chi connectivity index (χ3v) is 2.52. The lowest BCUT2D eigenvalue weighted by Crippen LogP contribution is -2.44. The molecule has 0 bridgehead atoms. The SMILES string of the molecule is CC[C@@H]1C[C@@H](N)CCN1C. The second-order valence-electron chi connectivity index (χ2n) is 3.33. The van der Waals surface area contributed by atoms with Gasteiger partial charge in [-0.15, -0.1) is 0 Å². The summed E-state index contributed by atoms with van der Waals surface area (Å²) in [4.78, 5) is 2.42. The minimum atomic E-state index is 0.459. The minimum absolute atomic E-state index is 0.459. The zero-order valence-corrected chi connectivity index (χ0v) is 7.01. The summed E-state index contributed by atoms with van der Waals surface area (Å²) in [5.41, 5.74) is 5.84. The molecule has 2 nitrogen and oxygen atoms in total. The van der Waals surface area contributed by atoms with Gasteiger partial charge < -0.3 is 10.6 Å². The molecule has 0 aromatic heterocycles. The van der Waals surface area contributed by atoms with Crippen LogP contribution in [0.1, 0.15) is 26.2 Å². The zero-order chi connectivity index (χ0) is 7.56. The van der Waals surface area contributed by atoms with Gasteiger partial charge in [0.15, 0.2) is 0 Å². The Morgan fingerprint density at radius 2 is 2.30 bits per heavy atom. The predicted octanol–water partition coefficient (Wildman–Crippen LogP) is 0.818. The first-order chi connectivity index (χ1) is 4.74. The standard InChI is InChI=1S/C8H18N2/c1-3-8-6-7(9)4-5-10(8)2/h7-8H,3-6,9H2,1-2H3/t7-,8+/m0/s1. The van der Waals surface area contributed by atoms with Crippen LogP contribution in [0.5, 0.6) is 0 Å². The Morgan fingerprint density at radius 3 is 2.80 bits per heavy atom. The molecule has 2 heteroatoms. The van der Waals surface area contributed by atoms with Gasteiger partial charge in [0.2, 0.25) is 0 Å². The maximum absolute atomic E-state index is 5.84. The first kappa shape index (κ1) is 8.02. The number of nitrogens with two attached hydrogens (primary N) is 1. The largest absolute Gasteiger partial charge is 0.328 e. The number of rotatable bonds is 1. The van der Waals surface area contributed by atoms with E-state index >= 15 is 0 Å². The highest BCUT2D eigenvalue weighted by molar-refractivity contribution is 4.80. The van der Waals surface area contributed by atoms with Crippen molar-refractivity contribution in [3.8, 4) is 0 Å². The van der Waals surface area contributed by atoms with E-state index in [4.69, 9.17) is 5.73 Å². The average molecular weight is 142 g/mol. The van der Waals surface area contributed by atoms with Gasteiger partial charge in [-0.1, -0.05) is 6.92 Å². The fourth-order valence-electron chi connectivity index (χ4n) is 1.68. The lowest BCUT2D eigenvalue weighted by Gasteiger charge is -2.34. The van der Waals surface area contributed by atoms with Crippen molar-refractivity contribution in [1.82, 2.24) is 4.90 Å². The summed E-state index contributed by atoms with van der Waals surface area (Å²) in [6.45, 7) is 3.42. The molecule has 0 spiro atoms. The smallest absolute Gasteiger partial charge is 0.0104 e. The van der Waals surface area contributed by atoms with Gasteiger partial charge in [0.05, 0.1) is 0 Å². The molecule has 2 atom stereocenters. The van der Waals surface area contributed by atoms with Crippen molar-refractivity contribution < 1.29 is 0 Å². The van der Waals surface area contributed by atoms with E-state index in [0.717, 1.165) is 6.04 Å². The highest BCUT2D eigenvalue weighted by atomic mass is 15.1. The Morgan fingerprint density at radius 1 is 1.60 bits per heavy atom. The van der Waals surface area contributed by atoms with Crippen molar-refractivity contribution in [2.24, 2.45) is 5.73 Å². The highest BCUT2D eigenvalue weighted by Gasteiger charge is 2.21. The molecular formula is C8H18N2. The van der Waals surface area contributed by atoms with Crippen LogP contribution in [0.15, 0.2) is 0 Å². The molecular weight excluding hydrogens is 124 g/mol. The summed E-state index contributed by atoms with van der Waals surface area (Å²) in [5.74, 6) is 0. The molecule has 2 N–H and O–H groups in total. The second-order valence-corrected chi connectivity index (χ2v) is 3.33. The molecule has 0 amide bonds. The van der Waals surface area contributed by atoms with E-state index in [1.807, 2.05) is 0 Å². The van der Waals surface area contributed by atoms with Crippen molar-refractivity contribution >= 4 is 0 Å². The van der Waals surface area contributed by atoms with Gasteiger partial charge in [-0.05, 0) is 32.9 Å². The topological polar surface area (TPSA) is 29.3 Å². The quantitative estimate of drug-likeness (QED) is 0.587. The molecule has 1 fully saturated rings. The van der Waals surface area contributed by atoms with Crippen LogP contribution in [0.2, 0.25) is 0 Å². The van der Waals surface area contributed by atoms with E-state index in [1.54, 1.807) is 0 Å². The molecule has 0 aromatic rings. The second kappa shape index (κ2) is 3.35. The molecule has 0 saturated carbocycles. The predicted molar refractivity (Wildman–Crippen MR) is 43.9 cm³/mol. The first-order valence-electron chi connectivity index (χ1n) is 4.20. The van der Waals surface area contributed by atoms with E-state index in [-0.39, 0.29) is 0 Å². The van der Waals surface area contributed by atoms with E-state index in [9.17, 15) is 0 Å². The Kier molecular flexibility index (Phi) is 2.69. The van der Waals surface area contributed by atoms with E-state index < -0.39 is 0 Å². The fourth-order valence-corrected chi connectivity index (χ4v) is 1.68. The van der Waals surface area contributed by atoms with Crippen LogP contribution in [0, 0.1) is 0 Å². The molecule has 0 aliphatic carbocycles. The van der Waals surface area contributed by atoms with E-state index in [0.29, 0.717) is 6.04 Å². The molecule has 0 unspecified atom stereocenters. The van der Waals surface area contributed by atoms with Gasteiger partial charge in [0, 0.05) is 12.1 Å². The van der Waals surface area contributed by atoms with Crippen LogP contribution in [-0.2, 0) is 0 Å². The molecule has 60 valence electrons. The van der Waals surface area contributed by atoms with Gasteiger partial charge in [-0.25, -0.2) is 0 Å². The van der Waals surface area contributed by atoms with Crippen LogP contribution in [0.25, 0.3) is 0 Å². The molecule has 1 aliphatic rings.